The van der Waals surface area contributed by atoms with Crippen LogP contribution in [0.2, 0.25) is 0 Å². The van der Waals surface area contributed by atoms with Crippen molar-refractivity contribution in [1.29, 1.82) is 0 Å². The van der Waals surface area contributed by atoms with Crippen molar-refractivity contribution in [2.24, 2.45) is 5.92 Å². The van der Waals surface area contributed by atoms with E-state index in [2.05, 4.69) is 34.1 Å². The third kappa shape index (κ3) is 3.54. The molecule has 0 saturated heterocycles. The highest BCUT2D eigenvalue weighted by atomic mass is 16.5. The Kier molecular flexibility index (Phi) is 4.66. The van der Waals surface area contributed by atoms with E-state index in [1.807, 2.05) is 30.3 Å². The Labute approximate surface area is 190 Å². The molecule has 0 bridgehead atoms. The number of furan rings is 1. The van der Waals surface area contributed by atoms with E-state index in [0.717, 1.165) is 53.7 Å². The second kappa shape index (κ2) is 7.71. The second-order valence-corrected chi connectivity index (χ2v) is 9.01. The summed E-state index contributed by atoms with van der Waals surface area (Å²) in [5, 5.41) is 13.4. The van der Waals surface area contributed by atoms with Gasteiger partial charge < -0.3 is 14.0 Å². The van der Waals surface area contributed by atoms with Gasteiger partial charge in [-0.05, 0) is 66.3 Å². The fourth-order valence-electron chi connectivity index (χ4n) is 4.90. The van der Waals surface area contributed by atoms with Gasteiger partial charge in [-0.25, -0.2) is 0 Å². The van der Waals surface area contributed by atoms with Gasteiger partial charge in [0.1, 0.15) is 0 Å². The third-order valence-corrected chi connectivity index (χ3v) is 6.92. The van der Waals surface area contributed by atoms with Crippen LogP contribution in [0.4, 0.5) is 0 Å². The third-order valence-electron chi connectivity index (χ3n) is 6.92. The standard InChI is InChI=1S/C26H23N3O4/c1-15-8-17(4-5-23(15)19-6-7-32-14-19)25-27-24(28-33-25)16-2-3-18-12-29(13-21(18)9-16)22-10-20(11-22)26(30)31/h2-9,14,20,22H,10-13H2,1H3,(H,30,31)/t20-,22+. The summed E-state index contributed by atoms with van der Waals surface area (Å²) >= 11 is 0. The van der Waals surface area contributed by atoms with Crippen LogP contribution < -0.4 is 0 Å². The zero-order valence-electron chi connectivity index (χ0n) is 18.2. The first-order chi connectivity index (χ1) is 16.0. The van der Waals surface area contributed by atoms with Crippen LogP contribution in [-0.2, 0) is 17.9 Å². The Morgan fingerprint density at radius 2 is 1.85 bits per heavy atom. The van der Waals surface area contributed by atoms with Crippen molar-refractivity contribution in [1.82, 2.24) is 15.0 Å². The number of benzene rings is 2. The molecule has 1 N–H and O–H groups in total. The summed E-state index contributed by atoms with van der Waals surface area (Å²) in [6.07, 6.45) is 4.88. The highest BCUT2D eigenvalue weighted by Crippen LogP contribution is 2.38. The van der Waals surface area contributed by atoms with E-state index in [0.29, 0.717) is 17.8 Å². The molecule has 0 atom stereocenters. The lowest BCUT2D eigenvalue weighted by Crippen LogP contribution is -2.44. The van der Waals surface area contributed by atoms with Crippen LogP contribution in [0, 0.1) is 12.8 Å². The minimum atomic E-state index is -0.676. The number of hydrogen-bond acceptors (Lipinski definition) is 6. The van der Waals surface area contributed by atoms with E-state index in [9.17, 15) is 4.79 Å². The normalized spacial score (nSPS) is 19.9. The minimum absolute atomic E-state index is 0.190. The second-order valence-electron chi connectivity index (χ2n) is 9.01. The zero-order valence-corrected chi connectivity index (χ0v) is 18.2. The predicted molar refractivity (Wildman–Crippen MR) is 121 cm³/mol. The predicted octanol–water partition coefficient (Wildman–Crippen LogP) is 5.15. The minimum Gasteiger partial charge on any atom is -0.481 e. The van der Waals surface area contributed by atoms with Crippen molar-refractivity contribution >= 4 is 5.97 Å². The van der Waals surface area contributed by atoms with Crippen molar-refractivity contribution in [3.63, 3.8) is 0 Å². The van der Waals surface area contributed by atoms with Gasteiger partial charge in [0, 0.05) is 35.8 Å². The Morgan fingerprint density at radius 3 is 2.61 bits per heavy atom. The Balaban J connectivity index is 1.20. The van der Waals surface area contributed by atoms with Crippen molar-refractivity contribution in [2.45, 2.75) is 38.9 Å². The van der Waals surface area contributed by atoms with Crippen LogP contribution in [0.5, 0.6) is 0 Å². The van der Waals surface area contributed by atoms with Crippen molar-refractivity contribution < 1.29 is 18.8 Å². The fraction of sp³-hybridized carbons (Fsp3) is 0.269. The molecule has 1 fully saturated rings. The fourth-order valence-corrected chi connectivity index (χ4v) is 4.90. The number of carboxylic acids is 1. The van der Waals surface area contributed by atoms with Crippen LogP contribution in [0.1, 0.15) is 29.5 Å². The number of fused-ring (bicyclic) bond motifs is 1. The first-order valence-corrected chi connectivity index (χ1v) is 11.1. The van der Waals surface area contributed by atoms with Crippen LogP contribution in [0.15, 0.2) is 63.9 Å². The van der Waals surface area contributed by atoms with Gasteiger partial charge in [-0.3, -0.25) is 9.69 Å². The van der Waals surface area contributed by atoms with E-state index in [1.54, 1.807) is 12.5 Å². The van der Waals surface area contributed by atoms with Gasteiger partial charge in [0.15, 0.2) is 0 Å². The highest BCUT2D eigenvalue weighted by molar-refractivity contribution is 5.72. The average molecular weight is 441 g/mol. The maximum Gasteiger partial charge on any atom is 0.306 e. The molecule has 2 aromatic heterocycles. The first kappa shape index (κ1) is 19.9. The van der Waals surface area contributed by atoms with Gasteiger partial charge in [-0.2, -0.15) is 4.98 Å². The van der Waals surface area contributed by atoms with Crippen molar-refractivity contribution in [3.05, 3.63) is 71.7 Å². The maximum atomic E-state index is 11.1. The van der Waals surface area contributed by atoms with Crippen LogP contribution >= 0.6 is 0 Å². The molecule has 0 spiro atoms. The van der Waals surface area contributed by atoms with Gasteiger partial charge >= 0.3 is 5.97 Å². The zero-order chi connectivity index (χ0) is 22.5. The average Bonchev–Trinajstić information content (AvgIpc) is 3.52. The van der Waals surface area contributed by atoms with E-state index in [4.69, 9.17) is 14.0 Å². The number of aliphatic carboxylic acids is 1. The molecular weight excluding hydrogens is 418 g/mol. The molecule has 0 amide bonds. The molecule has 2 aromatic carbocycles. The van der Waals surface area contributed by atoms with Gasteiger partial charge in [-0.15, -0.1) is 0 Å². The number of carboxylic acid groups (broad SMARTS) is 1. The summed E-state index contributed by atoms with van der Waals surface area (Å²) < 4.78 is 10.8. The summed E-state index contributed by atoms with van der Waals surface area (Å²) in [7, 11) is 0. The van der Waals surface area contributed by atoms with Crippen LogP contribution in [0.25, 0.3) is 34.0 Å². The SMILES string of the molecule is Cc1cc(-c2nc(-c3ccc4c(c3)CN([C@H]3C[C@@H](C(=O)O)C3)C4)no2)ccc1-c1ccoc1. The number of carbonyl (C=O) groups is 1. The van der Waals surface area contributed by atoms with E-state index in [1.165, 1.54) is 11.1 Å². The molecule has 2 aliphatic rings. The molecule has 4 aromatic rings. The topological polar surface area (TPSA) is 92.6 Å². The van der Waals surface area contributed by atoms with Gasteiger partial charge in [-0.1, -0.05) is 23.4 Å². The van der Waals surface area contributed by atoms with Crippen molar-refractivity contribution in [2.75, 3.05) is 0 Å². The Morgan fingerprint density at radius 1 is 1.03 bits per heavy atom. The summed E-state index contributed by atoms with van der Waals surface area (Å²) in [5.41, 5.74) is 7.59. The lowest BCUT2D eigenvalue weighted by molar-refractivity contribution is -0.147. The summed E-state index contributed by atoms with van der Waals surface area (Å²) in [6.45, 7) is 3.75. The summed E-state index contributed by atoms with van der Waals surface area (Å²) in [5.74, 6) is 0.189. The van der Waals surface area contributed by atoms with Crippen molar-refractivity contribution in [3.8, 4) is 34.0 Å². The Hall–Kier alpha value is -3.71. The van der Waals surface area contributed by atoms with Crippen LogP contribution in [0.3, 0.4) is 0 Å². The smallest absolute Gasteiger partial charge is 0.306 e. The molecule has 0 radical (unpaired) electrons. The number of rotatable bonds is 5. The lowest BCUT2D eigenvalue weighted by atomic mass is 9.79. The number of aromatic nitrogens is 2. The van der Waals surface area contributed by atoms with Gasteiger partial charge in [0.2, 0.25) is 5.82 Å². The first-order valence-electron chi connectivity index (χ1n) is 11.1. The van der Waals surface area contributed by atoms with E-state index in [-0.39, 0.29) is 5.92 Å². The molecule has 3 heterocycles. The number of hydrogen-bond donors (Lipinski definition) is 1. The molecule has 1 saturated carbocycles. The summed E-state index contributed by atoms with van der Waals surface area (Å²) in [4.78, 5) is 18.1. The monoisotopic (exact) mass is 441 g/mol. The van der Waals surface area contributed by atoms with E-state index >= 15 is 0 Å². The lowest BCUT2D eigenvalue weighted by Gasteiger charge is -2.39. The molecular formula is C26H23N3O4. The molecule has 6 rings (SSSR count). The molecule has 7 nitrogen and oxygen atoms in total. The van der Waals surface area contributed by atoms with E-state index < -0.39 is 5.97 Å². The largest absolute Gasteiger partial charge is 0.481 e. The number of nitrogens with zero attached hydrogens (tertiary/aromatic N) is 3. The molecule has 1 aliphatic carbocycles. The molecule has 1 aliphatic heterocycles. The molecule has 33 heavy (non-hydrogen) atoms. The van der Waals surface area contributed by atoms with Gasteiger partial charge in [0.05, 0.1) is 18.4 Å². The number of aryl methyl sites for hydroxylation is 1. The Bertz CT molecular complexity index is 1340. The van der Waals surface area contributed by atoms with Crippen LogP contribution in [-0.4, -0.2) is 32.2 Å². The molecule has 166 valence electrons. The quantitative estimate of drug-likeness (QED) is 0.458. The molecule has 0 unspecified atom stereocenters. The summed E-state index contributed by atoms with van der Waals surface area (Å²) in [6, 6.07) is 14.6. The maximum absolute atomic E-state index is 11.1. The van der Waals surface area contributed by atoms with Gasteiger partial charge in [0.25, 0.3) is 5.89 Å². The molecule has 7 heteroatoms. The highest BCUT2D eigenvalue weighted by Gasteiger charge is 2.39.